The summed E-state index contributed by atoms with van der Waals surface area (Å²) in [5, 5.41) is 0.818. The Morgan fingerprint density at radius 1 is 0.833 bits per heavy atom. The van der Waals surface area contributed by atoms with Crippen molar-refractivity contribution < 1.29 is 4.42 Å². The molecule has 0 saturated carbocycles. The van der Waals surface area contributed by atoms with Crippen molar-refractivity contribution in [1.29, 1.82) is 0 Å². The number of nitrogens with two attached hydrogens (primary N) is 2. The third kappa shape index (κ3) is 2.48. The third-order valence-corrected chi connectivity index (χ3v) is 4.18. The summed E-state index contributed by atoms with van der Waals surface area (Å²) in [6.45, 7) is 0. The quantitative estimate of drug-likeness (QED) is 0.592. The smallest absolute Gasteiger partial charge is 0.214 e. The molecule has 0 atom stereocenters. The lowest BCUT2D eigenvalue weighted by atomic mass is 9.99. The van der Waals surface area contributed by atoms with Crippen molar-refractivity contribution in [2.75, 3.05) is 11.5 Å². The van der Waals surface area contributed by atoms with Gasteiger partial charge in [-0.05, 0) is 23.1 Å². The number of fused-ring (bicyclic) bond motifs is 1. The summed E-state index contributed by atoms with van der Waals surface area (Å²) >= 11 is 0. The van der Waals surface area contributed by atoms with Crippen LogP contribution in [-0.2, 0) is 6.42 Å². The van der Waals surface area contributed by atoms with E-state index in [0.717, 1.165) is 22.9 Å². The van der Waals surface area contributed by atoms with Gasteiger partial charge in [0, 0.05) is 11.8 Å². The second-order valence-corrected chi connectivity index (χ2v) is 5.80. The second-order valence-electron chi connectivity index (χ2n) is 5.80. The highest BCUT2D eigenvalue weighted by Crippen LogP contribution is 2.37. The molecule has 4 heteroatoms. The monoisotopic (exact) mass is 315 g/mol. The van der Waals surface area contributed by atoms with Gasteiger partial charge < -0.3 is 15.9 Å². The SMILES string of the molecule is Nc1oc2cncc(-c3ccc(Cc4ccccc4)cc3)c2c1N. The van der Waals surface area contributed by atoms with Gasteiger partial charge in [0.25, 0.3) is 0 Å². The van der Waals surface area contributed by atoms with Crippen LogP contribution in [0.2, 0.25) is 0 Å². The number of hydrogen-bond donors (Lipinski definition) is 2. The van der Waals surface area contributed by atoms with E-state index in [4.69, 9.17) is 15.9 Å². The molecule has 0 bridgehead atoms. The highest BCUT2D eigenvalue weighted by Gasteiger charge is 2.14. The van der Waals surface area contributed by atoms with Crippen LogP contribution in [0.1, 0.15) is 11.1 Å². The molecule has 2 aromatic carbocycles. The minimum Gasteiger partial charge on any atom is -0.437 e. The van der Waals surface area contributed by atoms with E-state index in [2.05, 4.69) is 53.5 Å². The van der Waals surface area contributed by atoms with Gasteiger partial charge in [0.15, 0.2) is 5.58 Å². The first-order valence-corrected chi connectivity index (χ1v) is 7.77. The van der Waals surface area contributed by atoms with Crippen LogP contribution in [-0.4, -0.2) is 4.98 Å². The number of pyridine rings is 1. The summed E-state index contributed by atoms with van der Waals surface area (Å²) < 4.78 is 5.45. The Kier molecular flexibility index (Phi) is 3.43. The van der Waals surface area contributed by atoms with Gasteiger partial charge in [0.2, 0.25) is 5.88 Å². The van der Waals surface area contributed by atoms with Gasteiger partial charge in [-0.1, -0.05) is 54.6 Å². The van der Waals surface area contributed by atoms with Gasteiger partial charge in [-0.15, -0.1) is 0 Å². The minimum absolute atomic E-state index is 0.236. The molecule has 0 aliphatic carbocycles. The van der Waals surface area contributed by atoms with Crippen LogP contribution in [0.4, 0.5) is 11.6 Å². The predicted octanol–water partition coefficient (Wildman–Crippen LogP) is 4.25. The van der Waals surface area contributed by atoms with Crippen LogP contribution in [0.25, 0.3) is 22.1 Å². The summed E-state index contributed by atoms with van der Waals surface area (Å²) in [6, 6.07) is 18.8. The fraction of sp³-hybridized carbons (Fsp3) is 0.0500. The third-order valence-electron chi connectivity index (χ3n) is 4.18. The van der Waals surface area contributed by atoms with Crippen molar-refractivity contribution in [2.45, 2.75) is 6.42 Å². The van der Waals surface area contributed by atoms with E-state index in [-0.39, 0.29) is 5.88 Å². The Bertz CT molecular complexity index is 989. The maximum absolute atomic E-state index is 6.06. The van der Waals surface area contributed by atoms with E-state index in [9.17, 15) is 0 Å². The lowest BCUT2D eigenvalue weighted by Gasteiger charge is -2.06. The normalized spacial score (nSPS) is 11.0. The zero-order chi connectivity index (χ0) is 16.5. The molecule has 0 unspecified atom stereocenters. The van der Waals surface area contributed by atoms with Crippen molar-refractivity contribution in [3.8, 4) is 11.1 Å². The standard InChI is InChI=1S/C20H17N3O/c21-19-18-16(11-23-12-17(18)24-20(19)22)15-8-6-14(7-9-15)10-13-4-2-1-3-5-13/h1-9,11-12H,10,21-22H2. The van der Waals surface area contributed by atoms with Crippen LogP contribution >= 0.6 is 0 Å². The molecule has 0 fully saturated rings. The predicted molar refractivity (Wildman–Crippen MR) is 97.5 cm³/mol. The van der Waals surface area contributed by atoms with E-state index in [1.54, 1.807) is 12.4 Å². The fourth-order valence-corrected chi connectivity index (χ4v) is 2.95. The summed E-state index contributed by atoms with van der Waals surface area (Å²) in [7, 11) is 0. The van der Waals surface area contributed by atoms with Crippen LogP contribution in [0.5, 0.6) is 0 Å². The molecular formula is C20H17N3O. The first-order chi connectivity index (χ1) is 11.7. The number of benzene rings is 2. The molecule has 0 aliphatic heterocycles. The molecule has 2 aromatic heterocycles. The zero-order valence-electron chi connectivity index (χ0n) is 13.1. The fourth-order valence-electron chi connectivity index (χ4n) is 2.95. The number of aromatic nitrogens is 1. The molecule has 4 nitrogen and oxygen atoms in total. The topological polar surface area (TPSA) is 78.1 Å². The molecule has 2 heterocycles. The van der Waals surface area contributed by atoms with Gasteiger partial charge >= 0.3 is 0 Å². The van der Waals surface area contributed by atoms with E-state index in [0.29, 0.717) is 11.3 Å². The number of nitrogen functional groups attached to an aromatic ring is 2. The molecule has 4 N–H and O–H groups in total. The molecule has 0 amide bonds. The van der Waals surface area contributed by atoms with E-state index in [1.807, 2.05) is 6.07 Å². The van der Waals surface area contributed by atoms with Crippen molar-refractivity contribution in [1.82, 2.24) is 4.98 Å². The van der Waals surface area contributed by atoms with Gasteiger partial charge in [0.1, 0.15) is 5.69 Å². The summed E-state index contributed by atoms with van der Waals surface area (Å²) in [4.78, 5) is 4.23. The molecule has 0 radical (unpaired) electrons. The first-order valence-electron chi connectivity index (χ1n) is 7.77. The maximum atomic E-state index is 6.06. The number of rotatable bonds is 3. The second kappa shape index (κ2) is 5.74. The first kappa shape index (κ1) is 14.3. The number of nitrogens with zero attached hydrogens (tertiary/aromatic N) is 1. The lowest BCUT2D eigenvalue weighted by molar-refractivity contribution is 0.637. The maximum Gasteiger partial charge on any atom is 0.214 e. The van der Waals surface area contributed by atoms with Gasteiger partial charge in [0.05, 0.1) is 11.6 Å². The van der Waals surface area contributed by atoms with Crippen LogP contribution in [0.3, 0.4) is 0 Å². The van der Waals surface area contributed by atoms with Crippen LogP contribution in [0, 0.1) is 0 Å². The molecule has 118 valence electrons. The van der Waals surface area contributed by atoms with Gasteiger partial charge in [-0.2, -0.15) is 0 Å². The number of hydrogen-bond acceptors (Lipinski definition) is 4. The van der Waals surface area contributed by atoms with Crippen LogP contribution < -0.4 is 11.5 Å². The molecule has 0 saturated heterocycles. The van der Waals surface area contributed by atoms with Crippen molar-refractivity contribution in [3.63, 3.8) is 0 Å². The molecular weight excluding hydrogens is 298 g/mol. The number of furan rings is 1. The van der Waals surface area contributed by atoms with Crippen LogP contribution in [0.15, 0.2) is 71.4 Å². The summed E-state index contributed by atoms with van der Waals surface area (Å²) in [5.41, 5.74) is 17.4. The summed E-state index contributed by atoms with van der Waals surface area (Å²) in [6.07, 6.45) is 4.33. The molecule has 0 aliphatic rings. The molecule has 4 aromatic rings. The molecule has 0 spiro atoms. The van der Waals surface area contributed by atoms with Crippen molar-refractivity contribution in [2.24, 2.45) is 0 Å². The van der Waals surface area contributed by atoms with E-state index < -0.39 is 0 Å². The van der Waals surface area contributed by atoms with Gasteiger partial charge in [-0.3, -0.25) is 4.98 Å². The van der Waals surface area contributed by atoms with E-state index in [1.165, 1.54) is 11.1 Å². The number of anilines is 2. The minimum atomic E-state index is 0.236. The highest BCUT2D eigenvalue weighted by atomic mass is 16.3. The van der Waals surface area contributed by atoms with Crippen molar-refractivity contribution in [3.05, 3.63) is 78.1 Å². The zero-order valence-corrected chi connectivity index (χ0v) is 13.1. The largest absolute Gasteiger partial charge is 0.437 e. The van der Waals surface area contributed by atoms with Gasteiger partial charge in [-0.25, -0.2) is 0 Å². The van der Waals surface area contributed by atoms with E-state index >= 15 is 0 Å². The molecule has 4 rings (SSSR count). The summed E-state index contributed by atoms with van der Waals surface area (Å²) in [5.74, 6) is 0.236. The average Bonchev–Trinajstić information content (AvgIpc) is 2.91. The molecule has 24 heavy (non-hydrogen) atoms. The Morgan fingerprint density at radius 3 is 2.29 bits per heavy atom. The Labute approximate surface area is 139 Å². The Morgan fingerprint density at radius 2 is 1.54 bits per heavy atom. The Balaban J connectivity index is 1.71. The average molecular weight is 315 g/mol. The Hall–Kier alpha value is -3.27. The van der Waals surface area contributed by atoms with Crippen molar-refractivity contribution >= 4 is 22.5 Å². The lowest BCUT2D eigenvalue weighted by Crippen LogP contribution is -1.91. The highest BCUT2D eigenvalue weighted by molar-refractivity contribution is 6.04.